The Hall–Kier alpha value is -2.67. The van der Waals surface area contributed by atoms with Crippen molar-refractivity contribution < 1.29 is 14.3 Å². The summed E-state index contributed by atoms with van der Waals surface area (Å²) in [6, 6.07) is 7.56. The monoisotopic (exact) mass is 386 g/mol. The van der Waals surface area contributed by atoms with Crippen molar-refractivity contribution in [1.29, 1.82) is 0 Å². The van der Waals surface area contributed by atoms with Crippen molar-refractivity contribution in [2.24, 2.45) is 0 Å². The maximum absolute atomic E-state index is 12.3. The van der Waals surface area contributed by atoms with Gasteiger partial charge in [-0.3, -0.25) is 9.59 Å². The predicted octanol–water partition coefficient (Wildman–Crippen LogP) is 3.85. The molecule has 27 heavy (non-hydrogen) atoms. The van der Waals surface area contributed by atoms with Crippen LogP contribution < -0.4 is 10.3 Å². The van der Waals surface area contributed by atoms with Gasteiger partial charge in [-0.15, -0.1) is 11.3 Å². The predicted molar refractivity (Wildman–Crippen MR) is 106 cm³/mol. The number of hydrogen-bond donors (Lipinski definition) is 1. The van der Waals surface area contributed by atoms with Gasteiger partial charge >= 0.3 is 5.97 Å². The van der Waals surface area contributed by atoms with E-state index in [4.69, 9.17) is 9.47 Å². The third-order valence-electron chi connectivity index (χ3n) is 4.53. The molecule has 0 unspecified atom stereocenters. The molecule has 0 aliphatic carbocycles. The summed E-state index contributed by atoms with van der Waals surface area (Å²) in [6.07, 6.45) is 0.204. The van der Waals surface area contributed by atoms with Crippen molar-refractivity contribution in [2.75, 3.05) is 7.11 Å². The molecule has 1 atom stereocenters. The fraction of sp³-hybridized carbons (Fsp3) is 0.350. The minimum absolute atomic E-state index is 0.196. The first-order valence-electron chi connectivity index (χ1n) is 8.71. The average Bonchev–Trinajstić information content (AvgIpc) is 2.94. The van der Waals surface area contributed by atoms with Crippen LogP contribution in [-0.2, 0) is 16.0 Å². The highest BCUT2D eigenvalue weighted by molar-refractivity contribution is 7.18. The number of carbonyl (C=O) groups is 1. The minimum atomic E-state index is -0.617. The van der Waals surface area contributed by atoms with Gasteiger partial charge in [0.15, 0.2) is 11.9 Å². The Labute approximate surface area is 161 Å². The summed E-state index contributed by atoms with van der Waals surface area (Å²) in [6.45, 7) is 5.58. The highest BCUT2D eigenvalue weighted by Crippen LogP contribution is 2.27. The molecule has 0 saturated carbocycles. The second-order valence-electron chi connectivity index (χ2n) is 6.39. The van der Waals surface area contributed by atoms with E-state index in [9.17, 15) is 9.59 Å². The maximum atomic E-state index is 12.3. The number of aromatic nitrogens is 2. The number of methoxy groups -OCH3 is 1. The molecule has 1 N–H and O–H groups in total. The number of aromatic amines is 1. The Morgan fingerprint density at radius 3 is 2.63 bits per heavy atom. The van der Waals surface area contributed by atoms with Crippen LogP contribution in [0.1, 0.15) is 41.3 Å². The van der Waals surface area contributed by atoms with Gasteiger partial charge in [0.05, 0.1) is 12.5 Å². The van der Waals surface area contributed by atoms with Crippen molar-refractivity contribution >= 4 is 27.5 Å². The Morgan fingerprint density at radius 2 is 1.96 bits per heavy atom. The standard InChI is InChI=1S/C20H22N2O4S/c1-11-13(3)27-20-17(11)19(24)21-18(22-20)12(2)26-16(23)10-7-14-5-8-15(25-4)9-6-14/h5-6,8-9,12H,7,10H2,1-4H3,(H,21,22,24)/t12-/m1/s1. The zero-order valence-corrected chi connectivity index (χ0v) is 16.6. The number of nitrogens with one attached hydrogen (secondary N) is 1. The van der Waals surface area contributed by atoms with Gasteiger partial charge in [0.1, 0.15) is 10.6 Å². The third-order valence-corrected chi connectivity index (χ3v) is 5.63. The number of rotatable bonds is 6. The van der Waals surface area contributed by atoms with E-state index >= 15 is 0 Å². The fourth-order valence-electron chi connectivity index (χ4n) is 2.81. The molecule has 1 aromatic carbocycles. The van der Waals surface area contributed by atoms with E-state index in [2.05, 4.69) is 9.97 Å². The largest absolute Gasteiger partial charge is 0.497 e. The summed E-state index contributed by atoms with van der Waals surface area (Å²) in [4.78, 5) is 33.5. The minimum Gasteiger partial charge on any atom is -0.497 e. The zero-order valence-electron chi connectivity index (χ0n) is 15.8. The van der Waals surface area contributed by atoms with Gasteiger partial charge in [-0.25, -0.2) is 4.98 Å². The maximum Gasteiger partial charge on any atom is 0.306 e. The smallest absolute Gasteiger partial charge is 0.306 e. The summed E-state index contributed by atoms with van der Waals surface area (Å²) < 4.78 is 10.6. The number of hydrogen-bond acceptors (Lipinski definition) is 6. The van der Waals surface area contributed by atoms with E-state index in [1.807, 2.05) is 38.1 Å². The first kappa shape index (κ1) is 19.1. The highest BCUT2D eigenvalue weighted by Gasteiger charge is 2.18. The van der Waals surface area contributed by atoms with Crippen molar-refractivity contribution in [3.63, 3.8) is 0 Å². The Kier molecular flexibility index (Phi) is 5.60. The fourth-order valence-corrected chi connectivity index (χ4v) is 3.85. The Morgan fingerprint density at radius 1 is 1.26 bits per heavy atom. The van der Waals surface area contributed by atoms with Crippen molar-refractivity contribution in [3.05, 3.63) is 56.4 Å². The van der Waals surface area contributed by atoms with Crippen LogP contribution in [0.15, 0.2) is 29.1 Å². The summed E-state index contributed by atoms with van der Waals surface area (Å²) >= 11 is 1.47. The molecule has 2 aromatic heterocycles. The van der Waals surface area contributed by atoms with Crippen LogP contribution in [0.25, 0.3) is 10.2 Å². The first-order valence-corrected chi connectivity index (χ1v) is 9.53. The SMILES string of the molecule is COc1ccc(CCC(=O)O[C@H](C)c2nc3sc(C)c(C)c3c(=O)[nH]2)cc1. The molecule has 7 heteroatoms. The lowest BCUT2D eigenvalue weighted by Gasteiger charge is -2.12. The lowest BCUT2D eigenvalue weighted by molar-refractivity contribution is -0.148. The number of ether oxygens (including phenoxy) is 2. The van der Waals surface area contributed by atoms with Crippen LogP contribution in [0.2, 0.25) is 0 Å². The molecule has 0 saturated heterocycles. The molecule has 0 bridgehead atoms. The molecule has 0 radical (unpaired) electrons. The van der Waals surface area contributed by atoms with Crippen LogP contribution >= 0.6 is 11.3 Å². The van der Waals surface area contributed by atoms with Gasteiger partial charge in [-0.1, -0.05) is 12.1 Å². The molecule has 6 nitrogen and oxygen atoms in total. The number of thiophene rings is 1. The molecule has 2 heterocycles. The average molecular weight is 386 g/mol. The van der Waals surface area contributed by atoms with E-state index in [1.54, 1.807) is 14.0 Å². The van der Waals surface area contributed by atoms with E-state index in [0.717, 1.165) is 21.8 Å². The molecular weight excluding hydrogens is 364 g/mol. The molecule has 0 aliphatic heterocycles. The molecule has 0 aliphatic rings. The number of benzene rings is 1. The van der Waals surface area contributed by atoms with E-state index < -0.39 is 6.10 Å². The summed E-state index contributed by atoms with van der Waals surface area (Å²) in [5, 5.41) is 0.610. The van der Waals surface area contributed by atoms with Crippen LogP contribution in [0, 0.1) is 13.8 Å². The van der Waals surface area contributed by atoms with Crippen molar-refractivity contribution in [1.82, 2.24) is 9.97 Å². The summed E-state index contributed by atoms with van der Waals surface area (Å²) in [5.41, 5.74) is 1.77. The van der Waals surface area contributed by atoms with Gasteiger partial charge in [0.25, 0.3) is 5.56 Å². The molecule has 0 fully saturated rings. The van der Waals surface area contributed by atoms with Crippen LogP contribution in [0.3, 0.4) is 0 Å². The van der Waals surface area contributed by atoms with Crippen LogP contribution in [-0.4, -0.2) is 23.0 Å². The molecule has 3 aromatic rings. The normalized spacial score (nSPS) is 12.1. The number of nitrogens with zero attached hydrogens (tertiary/aromatic N) is 1. The van der Waals surface area contributed by atoms with Gasteiger partial charge in [0.2, 0.25) is 0 Å². The number of aryl methyl sites for hydroxylation is 3. The topological polar surface area (TPSA) is 81.3 Å². The molecule has 3 rings (SSSR count). The molecule has 142 valence electrons. The number of fused-ring (bicyclic) bond motifs is 1. The number of carbonyl (C=O) groups excluding carboxylic acids is 1. The first-order chi connectivity index (χ1) is 12.9. The second-order valence-corrected chi connectivity index (χ2v) is 7.60. The Bertz CT molecular complexity index is 1020. The molecular formula is C20H22N2O4S. The Balaban J connectivity index is 1.65. The second kappa shape index (κ2) is 7.92. The molecule has 0 amide bonds. The van der Waals surface area contributed by atoms with Crippen molar-refractivity contribution in [2.45, 2.75) is 39.7 Å². The van der Waals surface area contributed by atoms with Gasteiger partial charge in [-0.05, 0) is 50.5 Å². The van der Waals surface area contributed by atoms with Gasteiger partial charge < -0.3 is 14.5 Å². The van der Waals surface area contributed by atoms with Gasteiger partial charge in [0, 0.05) is 11.3 Å². The number of H-pyrrole nitrogens is 1. The van der Waals surface area contributed by atoms with Crippen LogP contribution in [0.5, 0.6) is 5.75 Å². The quantitative estimate of drug-likeness (QED) is 0.651. The number of esters is 1. The van der Waals surface area contributed by atoms with Crippen molar-refractivity contribution in [3.8, 4) is 5.75 Å². The van der Waals surface area contributed by atoms with Crippen LogP contribution in [0.4, 0.5) is 0 Å². The highest BCUT2D eigenvalue weighted by atomic mass is 32.1. The lowest BCUT2D eigenvalue weighted by Crippen LogP contribution is -2.17. The lowest BCUT2D eigenvalue weighted by atomic mass is 10.1. The zero-order chi connectivity index (χ0) is 19.6. The summed E-state index contributed by atoms with van der Waals surface area (Å²) in [5.74, 6) is 0.811. The summed E-state index contributed by atoms with van der Waals surface area (Å²) in [7, 11) is 1.61. The van der Waals surface area contributed by atoms with E-state index in [1.165, 1.54) is 11.3 Å². The molecule has 0 spiro atoms. The van der Waals surface area contributed by atoms with E-state index in [0.29, 0.717) is 22.5 Å². The van der Waals surface area contributed by atoms with Gasteiger partial charge in [-0.2, -0.15) is 0 Å². The third kappa shape index (κ3) is 4.19. The van der Waals surface area contributed by atoms with E-state index in [-0.39, 0.29) is 17.9 Å².